The summed E-state index contributed by atoms with van der Waals surface area (Å²) in [6.45, 7) is 3.79. The second-order valence-electron chi connectivity index (χ2n) is 4.59. The van der Waals surface area contributed by atoms with Gasteiger partial charge in [-0.05, 0) is 53.0 Å². The summed E-state index contributed by atoms with van der Waals surface area (Å²) in [6, 6.07) is 8.92. The lowest BCUT2D eigenvalue weighted by Gasteiger charge is -2.10. The highest BCUT2D eigenvalue weighted by Gasteiger charge is 2.11. The summed E-state index contributed by atoms with van der Waals surface area (Å²) in [6.07, 6.45) is 2.30. The van der Waals surface area contributed by atoms with Crippen LogP contribution in [0.3, 0.4) is 0 Å². The summed E-state index contributed by atoms with van der Waals surface area (Å²) >= 11 is 3.33. The van der Waals surface area contributed by atoms with Crippen LogP contribution in [-0.2, 0) is 4.79 Å². The lowest BCUT2D eigenvalue weighted by Crippen LogP contribution is -2.32. The van der Waals surface area contributed by atoms with E-state index in [1.807, 2.05) is 26.0 Å². The van der Waals surface area contributed by atoms with Gasteiger partial charge in [-0.15, -0.1) is 0 Å². The van der Waals surface area contributed by atoms with Crippen LogP contribution in [0.4, 0.5) is 0 Å². The van der Waals surface area contributed by atoms with E-state index in [-0.39, 0.29) is 18.2 Å². The SMILES string of the molecule is CC[C@H](C)NC(=O)/C(C#N)=C/c1ccc(OCC#N)c(Br)c1. The largest absolute Gasteiger partial charge is 0.478 e. The molecule has 1 rings (SSSR count). The molecule has 6 heteroatoms. The van der Waals surface area contributed by atoms with Crippen molar-refractivity contribution in [3.63, 3.8) is 0 Å². The van der Waals surface area contributed by atoms with Crippen LogP contribution < -0.4 is 10.1 Å². The molecule has 0 radical (unpaired) electrons. The monoisotopic (exact) mass is 361 g/mol. The van der Waals surface area contributed by atoms with Crippen molar-refractivity contribution in [3.05, 3.63) is 33.8 Å². The first-order chi connectivity index (χ1) is 10.5. The lowest BCUT2D eigenvalue weighted by molar-refractivity contribution is -0.117. The minimum atomic E-state index is -0.391. The maximum absolute atomic E-state index is 12.0. The first-order valence-electron chi connectivity index (χ1n) is 6.73. The van der Waals surface area contributed by atoms with Crippen LogP contribution in [0.1, 0.15) is 25.8 Å². The van der Waals surface area contributed by atoms with Crippen LogP contribution >= 0.6 is 15.9 Å². The number of carbonyl (C=O) groups is 1. The molecule has 1 atom stereocenters. The molecule has 1 N–H and O–H groups in total. The molecule has 0 unspecified atom stereocenters. The second-order valence-corrected chi connectivity index (χ2v) is 5.44. The number of rotatable bonds is 6. The number of hydrogen-bond acceptors (Lipinski definition) is 4. The molecule has 22 heavy (non-hydrogen) atoms. The molecule has 0 saturated carbocycles. The fourth-order valence-electron chi connectivity index (χ4n) is 1.55. The Labute approximate surface area is 138 Å². The Balaban J connectivity index is 2.95. The number of benzene rings is 1. The first kappa shape index (κ1) is 17.7. The molecule has 0 aliphatic carbocycles. The van der Waals surface area contributed by atoms with Gasteiger partial charge in [-0.25, -0.2) is 0 Å². The second kappa shape index (κ2) is 8.86. The van der Waals surface area contributed by atoms with Gasteiger partial charge in [-0.3, -0.25) is 4.79 Å². The number of nitriles is 2. The highest BCUT2D eigenvalue weighted by Crippen LogP contribution is 2.26. The number of nitrogens with one attached hydrogen (secondary N) is 1. The third-order valence-electron chi connectivity index (χ3n) is 2.91. The van der Waals surface area contributed by atoms with Crippen molar-refractivity contribution < 1.29 is 9.53 Å². The van der Waals surface area contributed by atoms with E-state index in [2.05, 4.69) is 21.2 Å². The Morgan fingerprint density at radius 2 is 2.23 bits per heavy atom. The van der Waals surface area contributed by atoms with Crippen molar-refractivity contribution >= 4 is 27.9 Å². The van der Waals surface area contributed by atoms with E-state index in [0.29, 0.717) is 15.8 Å². The van der Waals surface area contributed by atoms with Crippen molar-refractivity contribution in [1.82, 2.24) is 5.32 Å². The number of halogens is 1. The van der Waals surface area contributed by atoms with Gasteiger partial charge in [0.05, 0.1) is 4.47 Å². The number of carbonyl (C=O) groups excluding carboxylic acids is 1. The average Bonchev–Trinajstić information content (AvgIpc) is 2.51. The molecular formula is C16H16BrN3O2. The topological polar surface area (TPSA) is 85.9 Å². The molecule has 0 saturated heterocycles. The van der Waals surface area contributed by atoms with Crippen LogP contribution in [0.5, 0.6) is 5.75 Å². The van der Waals surface area contributed by atoms with Crippen molar-refractivity contribution in [3.8, 4) is 17.9 Å². The molecule has 1 aromatic rings. The highest BCUT2D eigenvalue weighted by atomic mass is 79.9. The molecular weight excluding hydrogens is 346 g/mol. The molecule has 1 amide bonds. The molecule has 0 spiro atoms. The van der Waals surface area contributed by atoms with Gasteiger partial charge in [0.2, 0.25) is 0 Å². The van der Waals surface area contributed by atoms with Crippen LogP contribution in [0.15, 0.2) is 28.2 Å². The Hall–Kier alpha value is -2.31. The van der Waals surface area contributed by atoms with Crippen molar-refractivity contribution in [1.29, 1.82) is 10.5 Å². The predicted octanol–water partition coefficient (Wildman–Crippen LogP) is 3.17. The quantitative estimate of drug-likeness (QED) is 0.622. The molecule has 5 nitrogen and oxygen atoms in total. The minimum Gasteiger partial charge on any atom is -0.478 e. The Bertz CT molecular complexity index is 656. The number of hydrogen-bond donors (Lipinski definition) is 1. The molecule has 0 heterocycles. The molecule has 0 fully saturated rings. The fraction of sp³-hybridized carbons (Fsp3) is 0.312. The summed E-state index contributed by atoms with van der Waals surface area (Å²) in [5.74, 6) is 0.138. The number of nitrogens with zero attached hydrogens (tertiary/aromatic N) is 2. The van der Waals surface area contributed by atoms with E-state index < -0.39 is 5.91 Å². The third-order valence-corrected chi connectivity index (χ3v) is 3.53. The summed E-state index contributed by atoms with van der Waals surface area (Å²) in [5.41, 5.74) is 0.727. The highest BCUT2D eigenvalue weighted by molar-refractivity contribution is 9.10. The van der Waals surface area contributed by atoms with Crippen molar-refractivity contribution in [2.45, 2.75) is 26.3 Å². The molecule has 114 valence electrons. The van der Waals surface area contributed by atoms with Crippen molar-refractivity contribution in [2.24, 2.45) is 0 Å². The van der Waals surface area contributed by atoms with Crippen LogP contribution in [-0.4, -0.2) is 18.6 Å². The third kappa shape index (κ3) is 5.23. The lowest BCUT2D eigenvalue weighted by atomic mass is 10.1. The van der Waals surface area contributed by atoms with E-state index in [0.717, 1.165) is 6.42 Å². The molecule has 0 bridgehead atoms. The Morgan fingerprint density at radius 3 is 2.77 bits per heavy atom. The maximum Gasteiger partial charge on any atom is 0.262 e. The van der Waals surface area contributed by atoms with Gasteiger partial charge in [0.25, 0.3) is 5.91 Å². The van der Waals surface area contributed by atoms with E-state index >= 15 is 0 Å². The Morgan fingerprint density at radius 1 is 1.50 bits per heavy atom. The average molecular weight is 362 g/mol. The summed E-state index contributed by atoms with van der Waals surface area (Å²) in [4.78, 5) is 12.0. The standard InChI is InChI=1S/C16H16BrN3O2/c1-3-11(2)20-16(21)13(10-19)8-12-4-5-15(14(17)9-12)22-7-6-18/h4-5,8-9,11H,3,7H2,1-2H3,(H,20,21)/b13-8+/t11-/m0/s1. The zero-order valence-corrected chi connectivity index (χ0v) is 14.0. The maximum atomic E-state index is 12.0. The van der Waals surface area contributed by atoms with E-state index in [4.69, 9.17) is 15.3 Å². The minimum absolute atomic E-state index is 0.0118. The van der Waals surface area contributed by atoms with E-state index in [1.54, 1.807) is 18.2 Å². The summed E-state index contributed by atoms with van der Waals surface area (Å²) < 4.78 is 5.86. The van der Waals surface area contributed by atoms with Crippen LogP contribution in [0, 0.1) is 22.7 Å². The van der Waals surface area contributed by atoms with Crippen LogP contribution in [0.25, 0.3) is 6.08 Å². The summed E-state index contributed by atoms with van der Waals surface area (Å²) in [7, 11) is 0. The summed E-state index contributed by atoms with van der Waals surface area (Å²) in [5, 5.41) is 20.4. The number of amides is 1. The molecule has 1 aromatic carbocycles. The van der Waals surface area contributed by atoms with Gasteiger partial charge in [-0.1, -0.05) is 13.0 Å². The normalized spacial score (nSPS) is 12.0. The van der Waals surface area contributed by atoms with E-state index in [9.17, 15) is 4.79 Å². The fourth-order valence-corrected chi connectivity index (χ4v) is 2.06. The van der Waals surface area contributed by atoms with E-state index in [1.165, 1.54) is 6.08 Å². The van der Waals surface area contributed by atoms with Gasteiger partial charge in [0.15, 0.2) is 6.61 Å². The first-order valence-corrected chi connectivity index (χ1v) is 7.53. The van der Waals surface area contributed by atoms with Gasteiger partial charge < -0.3 is 10.1 Å². The van der Waals surface area contributed by atoms with Gasteiger partial charge in [-0.2, -0.15) is 10.5 Å². The molecule has 0 aromatic heterocycles. The zero-order valence-electron chi connectivity index (χ0n) is 12.4. The predicted molar refractivity (Wildman–Crippen MR) is 86.7 cm³/mol. The van der Waals surface area contributed by atoms with Gasteiger partial charge in [0, 0.05) is 6.04 Å². The zero-order chi connectivity index (χ0) is 16.5. The molecule has 0 aliphatic heterocycles. The molecule has 0 aliphatic rings. The van der Waals surface area contributed by atoms with Gasteiger partial charge >= 0.3 is 0 Å². The van der Waals surface area contributed by atoms with Crippen molar-refractivity contribution in [2.75, 3.05) is 6.61 Å². The smallest absolute Gasteiger partial charge is 0.262 e. The van der Waals surface area contributed by atoms with Gasteiger partial charge in [0.1, 0.15) is 23.5 Å². The number of ether oxygens (including phenoxy) is 1. The Kier molecular flexibility index (Phi) is 7.15. The van der Waals surface area contributed by atoms with Crippen LogP contribution in [0.2, 0.25) is 0 Å².